The van der Waals surface area contributed by atoms with Crippen molar-refractivity contribution in [3.05, 3.63) is 59.7 Å². The molecule has 0 heterocycles. The highest BCUT2D eigenvalue weighted by Gasteiger charge is 2.23. The third-order valence-corrected chi connectivity index (χ3v) is 5.39. The van der Waals surface area contributed by atoms with Gasteiger partial charge in [0, 0.05) is 6.07 Å². The second kappa shape index (κ2) is 8.90. The molecular weight excluding hydrogens is 364 g/mol. The fraction of sp³-hybridized carbons (Fsp3) is 0.350. The van der Waals surface area contributed by atoms with E-state index in [-0.39, 0.29) is 18.5 Å². The zero-order valence-corrected chi connectivity index (χ0v) is 16.9. The van der Waals surface area contributed by atoms with Crippen LogP contribution in [0, 0.1) is 6.92 Å². The zero-order valence-electron chi connectivity index (χ0n) is 16.1. The summed E-state index contributed by atoms with van der Waals surface area (Å²) in [5, 5.41) is 2.93. The molecule has 0 spiro atoms. The SMILES string of the molecule is CC[C@@H](NC(=O)CN(c1cccc(OC)c1)S(C)(=O)=O)c1ccc(C)cc1. The Morgan fingerprint density at radius 1 is 1.19 bits per heavy atom. The minimum absolute atomic E-state index is 0.176. The van der Waals surface area contributed by atoms with E-state index in [2.05, 4.69) is 5.32 Å². The van der Waals surface area contributed by atoms with Gasteiger partial charge in [0.15, 0.2) is 0 Å². The third kappa shape index (κ3) is 5.72. The highest BCUT2D eigenvalue weighted by Crippen LogP contribution is 2.23. The lowest BCUT2D eigenvalue weighted by atomic mass is 10.0. The number of nitrogens with one attached hydrogen (secondary N) is 1. The molecule has 2 aromatic carbocycles. The summed E-state index contributed by atoms with van der Waals surface area (Å²) in [5.41, 5.74) is 2.51. The maximum Gasteiger partial charge on any atom is 0.241 e. The molecule has 6 nitrogen and oxygen atoms in total. The highest BCUT2D eigenvalue weighted by atomic mass is 32.2. The van der Waals surface area contributed by atoms with Gasteiger partial charge in [0.1, 0.15) is 12.3 Å². The molecule has 0 bridgehead atoms. The quantitative estimate of drug-likeness (QED) is 0.752. The van der Waals surface area contributed by atoms with E-state index in [0.29, 0.717) is 17.9 Å². The normalized spacial score (nSPS) is 12.3. The maximum atomic E-state index is 12.6. The number of ether oxygens (including phenoxy) is 1. The van der Waals surface area contributed by atoms with Crippen LogP contribution in [0.5, 0.6) is 5.75 Å². The molecule has 0 saturated carbocycles. The fourth-order valence-corrected chi connectivity index (χ4v) is 3.60. The van der Waals surface area contributed by atoms with Crippen LogP contribution in [0.4, 0.5) is 5.69 Å². The van der Waals surface area contributed by atoms with E-state index in [1.54, 1.807) is 24.3 Å². The van der Waals surface area contributed by atoms with Crippen molar-refractivity contribution in [2.75, 3.05) is 24.2 Å². The van der Waals surface area contributed by atoms with E-state index >= 15 is 0 Å². The Morgan fingerprint density at radius 3 is 2.41 bits per heavy atom. The van der Waals surface area contributed by atoms with E-state index in [9.17, 15) is 13.2 Å². The number of rotatable bonds is 8. The number of nitrogens with zero attached hydrogens (tertiary/aromatic N) is 1. The predicted molar refractivity (Wildman–Crippen MR) is 108 cm³/mol. The third-order valence-electron chi connectivity index (χ3n) is 4.25. The van der Waals surface area contributed by atoms with Gasteiger partial charge in [-0.2, -0.15) is 0 Å². The van der Waals surface area contributed by atoms with E-state index in [0.717, 1.165) is 21.7 Å². The molecule has 0 aliphatic heterocycles. The Labute approximate surface area is 161 Å². The van der Waals surface area contributed by atoms with Crippen LogP contribution in [0.15, 0.2) is 48.5 Å². The largest absolute Gasteiger partial charge is 0.497 e. The minimum atomic E-state index is -3.63. The van der Waals surface area contributed by atoms with Crippen molar-refractivity contribution in [3.63, 3.8) is 0 Å². The number of anilines is 1. The number of methoxy groups -OCH3 is 1. The van der Waals surface area contributed by atoms with Crippen molar-refractivity contribution in [2.24, 2.45) is 0 Å². The second-order valence-electron chi connectivity index (χ2n) is 6.41. The van der Waals surface area contributed by atoms with Gasteiger partial charge in [-0.25, -0.2) is 8.42 Å². The molecule has 0 aromatic heterocycles. The Kier molecular flexibility index (Phi) is 6.85. The summed E-state index contributed by atoms with van der Waals surface area (Å²) in [7, 11) is -2.13. The Bertz CT molecular complexity index is 879. The summed E-state index contributed by atoms with van der Waals surface area (Å²) in [5.74, 6) is 0.156. The topological polar surface area (TPSA) is 75.7 Å². The first kappa shape index (κ1) is 20.8. The van der Waals surface area contributed by atoms with Crippen molar-refractivity contribution in [2.45, 2.75) is 26.3 Å². The minimum Gasteiger partial charge on any atom is -0.497 e. The smallest absolute Gasteiger partial charge is 0.241 e. The number of carbonyl (C=O) groups excluding carboxylic acids is 1. The van der Waals surface area contributed by atoms with E-state index in [1.807, 2.05) is 38.1 Å². The first-order valence-corrected chi connectivity index (χ1v) is 10.6. The van der Waals surface area contributed by atoms with Crippen LogP contribution in [-0.2, 0) is 14.8 Å². The van der Waals surface area contributed by atoms with Gasteiger partial charge >= 0.3 is 0 Å². The molecule has 1 atom stereocenters. The number of amides is 1. The molecule has 1 amide bonds. The molecule has 1 N–H and O–H groups in total. The molecule has 0 fully saturated rings. The molecule has 2 aromatic rings. The van der Waals surface area contributed by atoms with Gasteiger partial charge in [-0.3, -0.25) is 9.10 Å². The number of carbonyl (C=O) groups is 1. The van der Waals surface area contributed by atoms with Gasteiger partial charge in [-0.1, -0.05) is 42.8 Å². The number of benzene rings is 2. The van der Waals surface area contributed by atoms with Gasteiger partial charge < -0.3 is 10.1 Å². The van der Waals surface area contributed by atoms with Crippen LogP contribution in [0.2, 0.25) is 0 Å². The average molecular weight is 391 g/mol. The Balaban J connectivity index is 2.19. The van der Waals surface area contributed by atoms with Crippen molar-refractivity contribution in [1.82, 2.24) is 5.32 Å². The number of hydrogen-bond donors (Lipinski definition) is 1. The van der Waals surface area contributed by atoms with Crippen LogP contribution in [0.3, 0.4) is 0 Å². The lowest BCUT2D eigenvalue weighted by Crippen LogP contribution is -2.41. The Morgan fingerprint density at radius 2 is 1.85 bits per heavy atom. The van der Waals surface area contributed by atoms with Gasteiger partial charge in [0.2, 0.25) is 15.9 Å². The molecular formula is C20H26N2O4S. The summed E-state index contributed by atoms with van der Waals surface area (Å²) in [6.07, 6.45) is 1.78. The average Bonchev–Trinajstić information content (AvgIpc) is 2.64. The molecule has 7 heteroatoms. The van der Waals surface area contributed by atoms with Crippen molar-refractivity contribution < 1.29 is 17.9 Å². The van der Waals surface area contributed by atoms with E-state index < -0.39 is 10.0 Å². The predicted octanol–water partition coefficient (Wildman–Crippen LogP) is 3.04. The lowest BCUT2D eigenvalue weighted by Gasteiger charge is -2.24. The molecule has 0 saturated heterocycles. The monoisotopic (exact) mass is 390 g/mol. The van der Waals surface area contributed by atoms with E-state index in [4.69, 9.17) is 4.74 Å². The molecule has 0 aliphatic rings. The molecule has 0 unspecified atom stereocenters. The van der Waals surface area contributed by atoms with Gasteiger partial charge in [-0.15, -0.1) is 0 Å². The van der Waals surface area contributed by atoms with Crippen LogP contribution >= 0.6 is 0 Å². The highest BCUT2D eigenvalue weighted by molar-refractivity contribution is 7.92. The molecule has 27 heavy (non-hydrogen) atoms. The number of aryl methyl sites for hydroxylation is 1. The summed E-state index contributed by atoms with van der Waals surface area (Å²) in [4.78, 5) is 12.6. The summed E-state index contributed by atoms with van der Waals surface area (Å²) in [6.45, 7) is 3.68. The fourth-order valence-electron chi connectivity index (χ4n) is 2.76. The summed E-state index contributed by atoms with van der Waals surface area (Å²) < 4.78 is 30.7. The first-order valence-electron chi connectivity index (χ1n) is 8.72. The number of hydrogen-bond acceptors (Lipinski definition) is 4. The first-order chi connectivity index (χ1) is 12.7. The Hall–Kier alpha value is -2.54. The van der Waals surface area contributed by atoms with Gasteiger partial charge in [0.05, 0.1) is 25.1 Å². The summed E-state index contributed by atoms with van der Waals surface area (Å²) >= 11 is 0. The standard InChI is InChI=1S/C20H26N2O4S/c1-5-19(16-11-9-15(2)10-12-16)21-20(23)14-22(27(4,24)25)17-7-6-8-18(13-17)26-3/h6-13,19H,5,14H2,1-4H3,(H,21,23)/t19-/m1/s1. The summed E-state index contributed by atoms with van der Waals surface area (Å²) in [6, 6.07) is 14.4. The van der Waals surface area contributed by atoms with Crippen LogP contribution in [0.1, 0.15) is 30.5 Å². The van der Waals surface area contributed by atoms with Crippen LogP contribution < -0.4 is 14.4 Å². The molecule has 2 rings (SSSR count). The van der Waals surface area contributed by atoms with Crippen molar-refractivity contribution >= 4 is 21.6 Å². The lowest BCUT2D eigenvalue weighted by molar-refractivity contribution is -0.120. The zero-order chi connectivity index (χ0) is 20.0. The maximum absolute atomic E-state index is 12.6. The van der Waals surface area contributed by atoms with Crippen molar-refractivity contribution in [3.8, 4) is 5.75 Å². The van der Waals surface area contributed by atoms with Crippen LogP contribution in [0.25, 0.3) is 0 Å². The number of sulfonamides is 1. The van der Waals surface area contributed by atoms with Crippen LogP contribution in [-0.4, -0.2) is 34.2 Å². The van der Waals surface area contributed by atoms with Crippen molar-refractivity contribution in [1.29, 1.82) is 0 Å². The second-order valence-corrected chi connectivity index (χ2v) is 8.32. The van der Waals surface area contributed by atoms with Gasteiger partial charge in [-0.05, 0) is 31.0 Å². The molecule has 146 valence electrons. The molecule has 0 radical (unpaired) electrons. The van der Waals surface area contributed by atoms with E-state index in [1.165, 1.54) is 7.11 Å². The molecule has 0 aliphatic carbocycles. The van der Waals surface area contributed by atoms with Gasteiger partial charge in [0.25, 0.3) is 0 Å².